The second kappa shape index (κ2) is 9.29. The summed E-state index contributed by atoms with van der Waals surface area (Å²) in [4.78, 5) is 16.9. The van der Waals surface area contributed by atoms with Crippen molar-refractivity contribution in [3.05, 3.63) is 47.4 Å². The molecular formula is C21H23F3N6OS. The van der Waals surface area contributed by atoms with Gasteiger partial charge in [-0.3, -0.25) is 9.89 Å². The third kappa shape index (κ3) is 4.63. The number of hydrogen-bond acceptors (Lipinski definition) is 6. The summed E-state index contributed by atoms with van der Waals surface area (Å²) in [6.07, 6.45) is 3.53. The number of anilines is 2. The van der Waals surface area contributed by atoms with Gasteiger partial charge in [-0.1, -0.05) is 17.4 Å². The van der Waals surface area contributed by atoms with Crippen molar-refractivity contribution in [3.8, 4) is 10.6 Å². The number of rotatable bonds is 5. The minimum atomic E-state index is -0.998. The van der Waals surface area contributed by atoms with E-state index in [0.717, 1.165) is 29.9 Å². The molecule has 1 aliphatic rings. The zero-order valence-electron chi connectivity index (χ0n) is 17.1. The molecule has 2 heterocycles. The number of nitrogen functional groups attached to an aromatic ring is 1. The molecule has 1 unspecified atom stereocenters. The second-order valence-electron chi connectivity index (χ2n) is 7.95. The van der Waals surface area contributed by atoms with Crippen molar-refractivity contribution in [3.63, 3.8) is 0 Å². The van der Waals surface area contributed by atoms with Crippen molar-refractivity contribution < 1.29 is 18.0 Å². The third-order valence-electron chi connectivity index (χ3n) is 5.73. The Morgan fingerprint density at radius 1 is 1.22 bits per heavy atom. The van der Waals surface area contributed by atoms with Crippen LogP contribution in [0.2, 0.25) is 0 Å². The predicted molar refractivity (Wildman–Crippen MR) is 117 cm³/mol. The summed E-state index contributed by atoms with van der Waals surface area (Å²) >= 11 is 0.827. The predicted octanol–water partition coefficient (Wildman–Crippen LogP) is 4.04. The van der Waals surface area contributed by atoms with Crippen molar-refractivity contribution in [1.82, 2.24) is 15.2 Å². The highest BCUT2D eigenvalue weighted by Crippen LogP contribution is 2.34. The zero-order chi connectivity index (χ0) is 22.8. The van der Waals surface area contributed by atoms with Crippen LogP contribution in [0.25, 0.3) is 10.6 Å². The summed E-state index contributed by atoms with van der Waals surface area (Å²) in [7, 11) is 0. The molecular weight excluding hydrogens is 441 g/mol. The van der Waals surface area contributed by atoms with Crippen molar-refractivity contribution in [1.29, 1.82) is 0 Å². The van der Waals surface area contributed by atoms with Gasteiger partial charge in [0, 0.05) is 6.04 Å². The Morgan fingerprint density at radius 2 is 1.94 bits per heavy atom. The number of carbonyl (C=O) groups excluding carboxylic acids is 1. The Hall–Kier alpha value is -2.92. The number of nitrogens with zero attached hydrogens (tertiary/aromatic N) is 2. The van der Waals surface area contributed by atoms with Crippen LogP contribution in [0.3, 0.4) is 0 Å². The van der Waals surface area contributed by atoms with Gasteiger partial charge >= 0.3 is 0 Å². The molecule has 4 rings (SSSR count). The van der Waals surface area contributed by atoms with Gasteiger partial charge in [-0.05, 0) is 50.2 Å². The number of thiazole rings is 1. The number of aromatic amines is 1. The highest BCUT2D eigenvalue weighted by molar-refractivity contribution is 7.19. The lowest BCUT2D eigenvalue weighted by molar-refractivity contribution is 0.102. The molecule has 170 valence electrons. The number of carbonyl (C=O) groups is 1. The van der Waals surface area contributed by atoms with Crippen LogP contribution >= 0.6 is 11.3 Å². The summed E-state index contributed by atoms with van der Waals surface area (Å²) in [6.45, 7) is 0. The maximum absolute atomic E-state index is 14.1. The lowest BCUT2D eigenvalue weighted by atomic mass is 9.94. The molecule has 1 saturated carbocycles. The maximum atomic E-state index is 14.1. The molecule has 7 nitrogen and oxygen atoms in total. The van der Waals surface area contributed by atoms with E-state index in [-0.39, 0.29) is 27.2 Å². The number of nitrogens with two attached hydrogens (primary N) is 2. The highest BCUT2D eigenvalue weighted by atomic mass is 32.1. The molecule has 32 heavy (non-hydrogen) atoms. The summed E-state index contributed by atoms with van der Waals surface area (Å²) in [5.74, 6) is -1.99. The molecule has 3 atom stereocenters. The van der Waals surface area contributed by atoms with Gasteiger partial charge < -0.3 is 16.8 Å². The monoisotopic (exact) mass is 464 g/mol. The van der Waals surface area contributed by atoms with E-state index in [1.165, 1.54) is 12.3 Å². The molecule has 0 aliphatic heterocycles. The number of alkyl halides is 1. The fraction of sp³-hybridized carbons (Fsp3) is 0.381. The van der Waals surface area contributed by atoms with Crippen LogP contribution in [0.1, 0.15) is 41.9 Å². The molecule has 0 bridgehead atoms. The Labute approximate surface area is 186 Å². The fourth-order valence-corrected chi connectivity index (χ4v) is 4.79. The van der Waals surface area contributed by atoms with Crippen LogP contribution in [-0.4, -0.2) is 33.3 Å². The van der Waals surface area contributed by atoms with E-state index in [1.54, 1.807) is 0 Å². The van der Waals surface area contributed by atoms with Crippen LogP contribution in [0.15, 0.2) is 24.4 Å². The van der Waals surface area contributed by atoms with Crippen molar-refractivity contribution in [2.45, 2.75) is 44.3 Å². The van der Waals surface area contributed by atoms with Gasteiger partial charge in [0.2, 0.25) is 0 Å². The van der Waals surface area contributed by atoms with Crippen LogP contribution in [0, 0.1) is 17.6 Å². The first-order valence-corrected chi connectivity index (χ1v) is 11.1. The Morgan fingerprint density at radius 3 is 2.69 bits per heavy atom. The quantitative estimate of drug-likeness (QED) is 0.425. The first-order valence-electron chi connectivity index (χ1n) is 10.3. The van der Waals surface area contributed by atoms with Gasteiger partial charge in [0.1, 0.15) is 27.8 Å². The van der Waals surface area contributed by atoms with E-state index in [9.17, 15) is 18.0 Å². The van der Waals surface area contributed by atoms with Crippen molar-refractivity contribution in [2.24, 2.45) is 11.7 Å². The zero-order valence-corrected chi connectivity index (χ0v) is 17.9. The van der Waals surface area contributed by atoms with Gasteiger partial charge in [-0.15, -0.1) is 0 Å². The molecule has 0 radical (unpaired) electrons. The molecule has 1 fully saturated rings. The molecule has 1 aromatic carbocycles. The number of hydrogen-bond donors (Lipinski definition) is 4. The minimum absolute atomic E-state index is 0.0220. The van der Waals surface area contributed by atoms with Gasteiger partial charge in [0.15, 0.2) is 5.69 Å². The number of nitrogens with one attached hydrogen (secondary N) is 2. The molecule has 0 spiro atoms. The average Bonchev–Trinajstić information content (AvgIpc) is 3.31. The van der Waals surface area contributed by atoms with E-state index in [4.69, 9.17) is 11.5 Å². The minimum Gasteiger partial charge on any atom is -0.389 e. The lowest BCUT2D eigenvalue weighted by Gasteiger charge is -2.14. The normalized spacial score (nSPS) is 21.3. The second-order valence-corrected chi connectivity index (χ2v) is 8.98. The number of benzene rings is 1. The third-order valence-corrected chi connectivity index (χ3v) is 6.63. The van der Waals surface area contributed by atoms with Gasteiger partial charge in [-0.25, -0.2) is 18.2 Å². The van der Waals surface area contributed by atoms with E-state index < -0.39 is 29.8 Å². The van der Waals surface area contributed by atoms with Crippen molar-refractivity contribution in [2.75, 3.05) is 11.1 Å². The fourth-order valence-electron chi connectivity index (χ4n) is 3.92. The van der Waals surface area contributed by atoms with Crippen LogP contribution in [0.4, 0.5) is 23.9 Å². The molecule has 6 N–H and O–H groups in total. The Kier molecular flexibility index (Phi) is 6.47. The number of H-pyrrole nitrogens is 1. The first-order chi connectivity index (χ1) is 15.3. The average molecular weight is 465 g/mol. The van der Waals surface area contributed by atoms with Crippen LogP contribution in [-0.2, 0) is 6.42 Å². The van der Waals surface area contributed by atoms with E-state index in [1.807, 2.05) is 0 Å². The summed E-state index contributed by atoms with van der Waals surface area (Å²) in [5, 5.41) is 9.60. The molecule has 1 aliphatic carbocycles. The van der Waals surface area contributed by atoms with E-state index >= 15 is 0 Å². The van der Waals surface area contributed by atoms with E-state index in [0.29, 0.717) is 37.1 Å². The summed E-state index contributed by atoms with van der Waals surface area (Å²) in [6, 6.07) is 3.02. The van der Waals surface area contributed by atoms with Crippen LogP contribution < -0.4 is 16.8 Å². The largest absolute Gasteiger partial charge is 0.389 e. The van der Waals surface area contributed by atoms with Crippen LogP contribution in [0.5, 0.6) is 0 Å². The molecule has 1 amide bonds. The first kappa shape index (κ1) is 22.3. The lowest BCUT2D eigenvalue weighted by Crippen LogP contribution is -2.29. The Balaban J connectivity index is 1.49. The maximum Gasteiger partial charge on any atom is 0.277 e. The van der Waals surface area contributed by atoms with Gasteiger partial charge in [0.25, 0.3) is 5.91 Å². The highest BCUT2D eigenvalue weighted by Gasteiger charge is 2.26. The topological polar surface area (TPSA) is 123 Å². The molecule has 3 aromatic rings. The van der Waals surface area contributed by atoms with Gasteiger partial charge in [-0.2, -0.15) is 5.10 Å². The summed E-state index contributed by atoms with van der Waals surface area (Å²) < 4.78 is 42.0. The smallest absolute Gasteiger partial charge is 0.277 e. The molecule has 11 heteroatoms. The standard InChI is InChI=1S/C21H23F3N6OS/c22-11-6-4-10(5-7-14(11)25)8-15-16(9-27-30-15)28-20(31)18-19(26)32-21(29-18)17-12(23)2-1-3-13(17)24/h1-3,9-11,14H,4-8,25-26H2,(H,27,30)(H,28,31)/t10?,11-,14+/m0/s1. The SMILES string of the molecule is Nc1sc(-c2c(F)cccc2F)nc1C(=O)Nc1cn[nH]c1CC1CC[C@@H](N)[C@@H](F)CC1. The Bertz CT molecular complexity index is 1080. The number of amides is 1. The van der Waals surface area contributed by atoms with Crippen molar-refractivity contribution >= 4 is 27.9 Å². The molecule has 2 aromatic heterocycles. The molecule has 0 saturated heterocycles. The van der Waals surface area contributed by atoms with E-state index in [2.05, 4.69) is 20.5 Å². The summed E-state index contributed by atoms with van der Waals surface area (Å²) in [5.41, 5.74) is 12.4. The number of aromatic nitrogens is 3. The van der Waals surface area contributed by atoms with Gasteiger partial charge in [0.05, 0.1) is 23.1 Å². The number of halogens is 3.